The molecule has 0 fully saturated rings. The molecule has 0 atom stereocenters. The highest BCUT2D eigenvalue weighted by Gasteiger charge is 2.12. The predicted molar refractivity (Wildman–Crippen MR) is 77.2 cm³/mol. The molecule has 0 saturated heterocycles. The van der Waals surface area contributed by atoms with Gasteiger partial charge in [-0.25, -0.2) is 0 Å². The van der Waals surface area contributed by atoms with E-state index < -0.39 is 0 Å². The number of hydrogen-bond acceptors (Lipinski definition) is 1. The van der Waals surface area contributed by atoms with Crippen LogP contribution in [0.25, 0.3) is 6.08 Å². The van der Waals surface area contributed by atoms with Crippen LogP contribution in [0.3, 0.4) is 0 Å². The Labute approximate surface area is 107 Å². The highest BCUT2D eigenvalue weighted by atomic mass is 16.5. The minimum atomic E-state index is 0.0957. The van der Waals surface area contributed by atoms with E-state index in [1.807, 2.05) is 13.8 Å². The van der Waals surface area contributed by atoms with Crippen molar-refractivity contribution in [1.29, 1.82) is 0 Å². The molecule has 0 saturated carbocycles. The maximum atomic E-state index is 5.17. The van der Waals surface area contributed by atoms with E-state index >= 15 is 0 Å². The molecule has 0 amide bonds. The first-order valence-corrected chi connectivity index (χ1v) is 6.28. The second-order valence-corrected chi connectivity index (χ2v) is 4.67. The molecule has 0 bridgehead atoms. The summed E-state index contributed by atoms with van der Waals surface area (Å²) in [5, 5.41) is 0. The Morgan fingerprint density at radius 3 is 2.41 bits per heavy atom. The minimum Gasteiger partial charge on any atom is -0.384 e. The van der Waals surface area contributed by atoms with Gasteiger partial charge in [0, 0.05) is 12.5 Å². The molecule has 0 heterocycles. The molecule has 1 heteroatoms. The van der Waals surface area contributed by atoms with Crippen LogP contribution in [0.5, 0.6) is 0 Å². The van der Waals surface area contributed by atoms with Crippen LogP contribution in [0.2, 0.25) is 0 Å². The van der Waals surface area contributed by atoms with Crippen molar-refractivity contribution >= 4 is 6.08 Å². The molecule has 1 rings (SSSR count). The van der Waals surface area contributed by atoms with Gasteiger partial charge in [0.25, 0.3) is 0 Å². The third-order valence-electron chi connectivity index (χ3n) is 2.29. The van der Waals surface area contributed by atoms with Gasteiger partial charge in [0.15, 0.2) is 0 Å². The van der Waals surface area contributed by atoms with Gasteiger partial charge in [-0.05, 0) is 12.5 Å². The van der Waals surface area contributed by atoms with E-state index in [0.717, 1.165) is 6.61 Å². The molecule has 0 N–H and O–H groups in total. The van der Waals surface area contributed by atoms with Crippen LogP contribution in [0, 0.1) is 12.3 Å². The van der Waals surface area contributed by atoms with Crippen LogP contribution in [0.4, 0.5) is 0 Å². The van der Waals surface area contributed by atoms with Crippen molar-refractivity contribution in [3.63, 3.8) is 0 Å². The summed E-state index contributed by atoms with van der Waals surface area (Å²) in [4.78, 5) is 0. The van der Waals surface area contributed by atoms with Crippen molar-refractivity contribution in [1.82, 2.24) is 0 Å². The van der Waals surface area contributed by atoms with Crippen molar-refractivity contribution in [3.05, 3.63) is 41.5 Å². The van der Waals surface area contributed by atoms with E-state index in [0.29, 0.717) is 0 Å². The molecule has 96 valence electrons. The van der Waals surface area contributed by atoms with Gasteiger partial charge in [-0.1, -0.05) is 69.7 Å². The van der Waals surface area contributed by atoms with Gasteiger partial charge in [0.1, 0.15) is 0 Å². The smallest absolute Gasteiger partial charge is 0.0547 e. The Morgan fingerprint density at radius 2 is 1.88 bits per heavy atom. The molecule has 0 radical (unpaired) electrons. The molecular formula is C16H26O. The predicted octanol–water partition coefficient (Wildman–Crippen LogP) is 4.71. The number of ether oxygens (including phenoxy) is 1. The van der Waals surface area contributed by atoms with Gasteiger partial charge in [-0.15, -0.1) is 0 Å². The first kappa shape index (κ1) is 15.9. The Balaban J connectivity index is 0.00000121. The van der Waals surface area contributed by atoms with E-state index in [9.17, 15) is 0 Å². The largest absolute Gasteiger partial charge is 0.384 e. The summed E-state index contributed by atoms with van der Waals surface area (Å²) >= 11 is 0. The fraction of sp³-hybridized carbons (Fsp3) is 0.500. The van der Waals surface area contributed by atoms with Crippen molar-refractivity contribution < 1.29 is 4.74 Å². The molecule has 0 aliphatic heterocycles. The third kappa shape index (κ3) is 6.96. The average Bonchev–Trinajstić information content (AvgIpc) is 2.29. The lowest BCUT2D eigenvalue weighted by Crippen LogP contribution is -2.14. The molecule has 0 aromatic heterocycles. The minimum absolute atomic E-state index is 0.0957. The lowest BCUT2D eigenvalue weighted by atomic mass is 9.93. The van der Waals surface area contributed by atoms with E-state index in [4.69, 9.17) is 4.74 Å². The molecular weight excluding hydrogens is 208 g/mol. The summed E-state index contributed by atoms with van der Waals surface area (Å²) in [6.07, 6.45) is 4.36. The van der Waals surface area contributed by atoms with Gasteiger partial charge in [-0.2, -0.15) is 0 Å². The fourth-order valence-corrected chi connectivity index (χ4v) is 1.52. The monoisotopic (exact) mass is 234 g/mol. The highest BCUT2D eigenvalue weighted by Crippen LogP contribution is 2.19. The number of aryl methyl sites for hydroxylation is 1. The zero-order valence-corrected chi connectivity index (χ0v) is 12.1. The second-order valence-electron chi connectivity index (χ2n) is 4.67. The van der Waals surface area contributed by atoms with Gasteiger partial charge >= 0.3 is 0 Å². The summed E-state index contributed by atoms with van der Waals surface area (Å²) < 4.78 is 5.17. The number of methoxy groups -OCH3 is 1. The van der Waals surface area contributed by atoms with Crippen LogP contribution in [-0.4, -0.2) is 13.7 Å². The molecule has 17 heavy (non-hydrogen) atoms. The Hall–Kier alpha value is -1.08. The van der Waals surface area contributed by atoms with Crippen LogP contribution >= 0.6 is 0 Å². The second kappa shape index (κ2) is 8.08. The fourth-order valence-electron chi connectivity index (χ4n) is 1.52. The van der Waals surface area contributed by atoms with Gasteiger partial charge in [0.2, 0.25) is 0 Å². The summed E-state index contributed by atoms with van der Waals surface area (Å²) in [5.41, 5.74) is 2.64. The molecule has 0 spiro atoms. The summed E-state index contributed by atoms with van der Waals surface area (Å²) in [7, 11) is 1.74. The molecule has 1 aromatic rings. The molecule has 1 aromatic carbocycles. The maximum absolute atomic E-state index is 5.17. The first-order valence-electron chi connectivity index (χ1n) is 6.28. The van der Waals surface area contributed by atoms with Gasteiger partial charge < -0.3 is 4.74 Å². The zero-order valence-electron chi connectivity index (χ0n) is 12.1. The highest BCUT2D eigenvalue weighted by molar-refractivity contribution is 5.50. The standard InChI is InChI=1S/C14H20O.C2H6/c1-12-6-5-7-13(10-12)8-9-14(2,3)11-15-4;1-2/h5-10H,11H2,1-4H3;1-2H3/b9-8+;. The van der Waals surface area contributed by atoms with Crippen molar-refractivity contribution in [2.24, 2.45) is 5.41 Å². The van der Waals surface area contributed by atoms with Crippen molar-refractivity contribution in [2.45, 2.75) is 34.6 Å². The Kier molecular flexibility index (Phi) is 7.56. The Bertz CT molecular complexity index is 337. The lowest BCUT2D eigenvalue weighted by Gasteiger charge is -2.18. The zero-order chi connectivity index (χ0) is 13.3. The maximum Gasteiger partial charge on any atom is 0.0547 e. The normalized spacial score (nSPS) is 11.2. The van der Waals surface area contributed by atoms with Gasteiger partial charge in [-0.3, -0.25) is 0 Å². The van der Waals surface area contributed by atoms with Crippen molar-refractivity contribution in [2.75, 3.05) is 13.7 Å². The number of benzene rings is 1. The average molecular weight is 234 g/mol. The van der Waals surface area contributed by atoms with E-state index in [-0.39, 0.29) is 5.41 Å². The quantitative estimate of drug-likeness (QED) is 0.733. The first-order chi connectivity index (χ1) is 8.03. The van der Waals surface area contributed by atoms with Crippen LogP contribution in [0.15, 0.2) is 30.3 Å². The van der Waals surface area contributed by atoms with Crippen molar-refractivity contribution in [3.8, 4) is 0 Å². The number of rotatable bonds is 4. The Morgan fingerprint density at radius 1 is 1.24 bits per heavy atom. The summed E-state index contributed by atoms with van der Waals surface area (Å²) in [6, 6.07) is 8.49. The topological polar surface area (TPSA) is 9.23 Å². The van der Waals surface area contributed by atoms with Crippen LogP contribution < -0.4 is 0 Å². The lowest BCUT2D eigenvalue weighted by molar-refractivity contribution is 0.133. The SMILES string of the molecule is CC.COCC(C)(C)/C=C/c1cccc(C)c1. The number of hydrogen-bond donors (Lipinski definition) is 0. The van der Waals surface area contributed by atoms with E-state index in [1.165, 1.54) is 11.1 Å². The summed E-state index contributed by atoms with van der Waals surface area (Å²) in [6.45, 7) is 11.2. The molecule has 0 aliphatic carbocycles. The van der Waals surface area contributed by atoms with Gasteiger partial charge in [0.05, 0.1) is 6.61 Å². The molecule has 1 nitrogen and oxygen atoms in total. The van der Waals surface area contributed by atoms with Crippen LogP contribution in [0.1, 0.15) is 38.8 Å². The van der Waals surface area contributed by atoms with E-state index in [1.54, 1.807) is 7.11 Å². The molecule has 0 unspecified atom stereocenters. The molecule has 0 aliphatic rings. The third-order valence-corrected chi connectivity index (χ3v) is 2.29. The van der Waals surface area contributed by atoms with E-state index in [2.05, 4.69) is 57.2 Å². The summed E-state index contributed by atoms with van der Waals surface area (Å²) in [5.74, 6) is 0. The van der Waals surface area contributed by atoms with Crippen LogP contribution in [-0.2, 0) is 4.74 Å².